The molecule has 0 aliphatic rings. The fraction of sp³-hybridized carbons (Fsp3) is 0.133. The van der Waals surface area contributed by atoms with E-state index in [-0.39, 0.29) is 0 Å². The first kappa shape index (κ1) is 14.7. The Labute approximate surface area is 126 Å². The Kier molecular flexibility index (Phi) is 4.53. The zero-order valence-corrected chi connectivity index (χ0v) is 12.2. The van der Waals surface area contributed by atoms with Crippen molar-refractivity contribution in [2.75, 3.05) is 0 Å². The van der Waals surface area contributed by atoms with E-state index in [1.165, 1.54) is 0 Å². The number of ether oxygens (including phenoxy) is 1. The minimum absolute atomic E-state index is 0.366. The van der Waals surface area contributed by atoms with Crippen LogP contribution in [0.1, 0.15) is 18.4 Å². The monoisotopic (exact) mass is 310 g/mol. The van der Waals surface area contributed by atoms with E-state index in [0.29, 0.717) is 27.1 Å². The summed E-state index contributed by atoms with van der Waals surface area (Å²) in [5, 5.41) is 9.96. The van der Waals surface area contributed by atoms with Crippen LogP contribution in [0.3, 0.4) is 0 Å². The number of rotatable bonds is 4. The van der Waals surface area contributed by atoms with E-state index in [2.05, 4.69) is 0 Å². The fourth-order valence-corrected chi connectivity index (χ4v) is 1.99. The second kappa shape index (κ2) is 6.16. The van der Waals surface area contributed by atoms with E-state index in [1.807, 2.05) is 0 Å². The molecule has 20 heavy (non-hydrogen) atoms. The van der Waals surface area contributed by atoms with Gasteiger partial charge in [-0.3, -0.25) is 4.79 Å². The maximum absolute atomic E-state index is 10.9. The van der Waals surface area contributed by atoms with Gasteiger partial charge in [0, 0.05) is 5.02 Å². The van der Waals surface area contributed by atoms with Crippen LogP contribution in [0.15, 0.2) is 42.5 Å². The molecule has 0 heterocycles. The second-order valence-corrected chi connectivity index (χ2v) is 5.15. The van der Waals surface area contributed by atoms with Crippen molar-refractivity contribution in [3.05, 3.63) is 58.1 Å². The number of halogens is 2. The summed E-state index contributed by atoms with van der Waals surface area (Å²) >= 11 is 11.9. The van der Waals surface area contributed by atoms with Crippen LogP contribution in [-0.2, 0) is 4.79 Å². The average molecular weight is 311 g/mol. The van der Waals surface area contributed by atoms with Crippen LogP contribution in [0.2, 0.25) is 10.0 Å². The maximum Gasteiger partial charge on any atom is 0.310 e. The molecular formula is C15H12Cl2O3. The maximum atomic E-state index is 10.9. The molecular weight excluding hydrogens is 299 g/mol. The van der Waals surface area contributed by atoms with Crippen molar-refractivity contribution in [1.82, 2.24) is 0 Å². The Bertz CT molecular complexity index is 624. The molecule has 5 heteroatoms. The molecule has 1 atom stereocenters. The first-order valence-electron chi connectivity index (χ1n) is 5.93. The van der Waals surface area contributed by atoms with E-state index in [4.69, 9.17) is 33.0 Å². The van der Waals surface area contributed by atoms with Crippen LogP contribution >= 0.6 is 23.2 Å². The van der Waals surface area contributed by atoms with Crippen molar-refractivity contribution in [2.45, 2.75) is 12.8 Å². The Balaban J connectivity index is 2.21. The first-order chi connectivity index (χ1) is 9.47. The summed E-state index contributed by atoms with van der Waals surface area (Å²) in [6, 6.07) is 11.8. The number of carbonyl (C=O) groups is 1. The first-order valence-corrected chi connectivity index (χ1v) is 6.68. The average Bonchev–Trinajstić information content (AvgIpc) is 2.42. The van der Waals surface area contributed by atoms with E-state index in [0.717, 1.165) is 0 Å². The van der Waals surface area contributed by atoms with Gasteiger partial charge in [0.15, 0.2) is 0 Å². The molecule has 0 aliphatic heterocycles. The molecule has 0 aromatic heterocycles. The molecule has 2 aromatic rings. The number of benzene rings is 2. The molecule has 0 saturated carbocycles. The number of hydrogen-bond donors (Lipinski definition) is 1. The lowest BCUT2D eigenvalue weighted by Crippen LogP contribution is -2.07. The molecule has 1 N–H and O–H groups in total. The molecule has 3 nitrogen and oxygen atoms in total. The molecule has 104 valence electrons. The molecule has 0 fully saturated rings. The highest BCUT2D eigenvalue weighted by Crippen LogP contribution is 2.32. The van der Waals surface area contributed by atoms with Crippen LogP contribution in [0.4, 0.5) is 0 Å². The Morgan fingerprint density at radius 2 is 1.80 bits per heavy atom. The lowest BCUT2D eigenvalue weighted by atomic mass is 10.0. The Hall–Kier alpha value is -1.71. The second-order valence-electron chi connectivity index (χ2n) is 4.31. The van der Waals surface area contributed by atoms with Gasteiger partial charge in [0.25, 0.3) is 0 Å². The zero-order valence-electron chi connectivity index (χ0n) is 10.6. The summed E-state index contributed by atoms with van der Waals surface area (Å²) in [7, 11) is 0. The van der Waals surface area contributed by atoms with Gasteiger partial charge in [0.2, 0.25) is 0 Å². The highest BCUT2D eigenvalue weighted by Gasteiger charge is 2.15. The van der Waals surface area contributed by atoms with Crippen molar-refractivity contribution in [1.29, 1.82) is 0 Å². The van der Waals surface area contributed by atoms with Crippen LogP contribution in [0.5, 0.6) is 11.5 Å². The summed E-state index contributed by atoms with van der Waals surface area (Å²) < 4.78 is 5.62. The van der Waals surface area contributed by atoms with Crippen molar-refractivity contribution >= 4 is 29.2 Å². The summed E-state index contributed by atoms with van der Waals surface area (Å²) in [6.07, 6.45) is 0. The van der Waals surface area contributed by atoms with Gasteiger partial charge in [0.1, 0.15) is 11.5 Å². The van der Waals surface area contributed by atoms with Crippen molar-refractivity contribution < 1.29 is 14.6 Å². The zero-order chi connectivity index (χ0) is 14.7. The van der Waals surface area contributed by atoms with Crippen molar-refractivity contribution in [2.24, 2.45) is 0 Å². The lowest BCUT2D eigenvalue weighted by Gasteiger charge is -2.11. The van der Waals surface area contributed by atoms with E-state index >= 15 is 0 Å². The third-order valence-corrected chi connectivity index (χ3v) is 3.42. The molecule has 0 amide bonds. The molecule has 1 unspecified atom stereocenters. The number of aliphatic carboxylic acids is 1. The van der Waals surface area contributed by atoms with Gasteiger partial charge < -0.3 is 9.84 Å². The fourth-order valence-electron chi connectivity index (χ4n) is 1.64. The van der Waals surface area contributed by atoms with E-state index in [1.54, 1.807) is 49.4 Å². The van der Waals surface area contributed by atoms with Crippen LogP contribution in [0.25, 0.3) is 0 Å². The van der Waals surface area contributed by atoms with Crippen molar-refractivity contribution in [3.63, 3.8) is 0 Å². The Morgan fingerprint density at radius 1 is 1.15 bits per heavy atom. The smallest absolute Gasteiger partial charge is 0.310 e. The van der Waals surface area contributed by atoms with Gasteiger partial charge in [-0.2, -0.15) is 0 Å². The van der Waals surface area contributed by atoms with Gasteiger partial charge >= 0.3 is 5.97 Å². The number of carboxylic acid groups (broad SMARTS) is 1. The number of carboxylic acids is 1. The normalized spacial score (nSPS) is 11.9. The van der Waals surface area contributed by atoms with Crippen molar-refractivity contribution in [3.8, 4) is 11.5 Å². The highest BCUT2D eigenvalue weighted by molar-refractivity contribution is 6.32. The lowest BCUT2D eigenvalue weighted by molar-refractivity contribution is -0.138. The molecule has 0 spiro atoms. The molecule has 2 rings (SSSR count). The van der Waals surface area contributed by atoms with Gasteiger partial charge in [-0.25, -0.2) is 0 Å². The van der Waals surface area contributed by atoms with E-state index < -0.39 is 11.9 Å². The van der Waals surface area contributed by atoms with Gasteiger partial charge in [-0.05, 0) is 48.9 Å². The third-order valence-electron chi connectivity index (χ3n) is 2.87. The SMILES string of the molecule is CC(C(=O)O)c1ccc(Oc2ccc(Cl)cc2)c(Cl)c1. The quantitative estimate of drug-likeness (QED) is 0.866. The topological polar surface area (TPSA) is 46.5 Å². The van der Waals surface area contributed by atoms with E-state index in [9.17, 15) is 4.79 Å². The minimum atomic E-state index is -0.896. The highest BCUT2D eigenvalue weighted by atomic mass is 35.5. The largest absolute Gasteiger partial charge is 0.481 e. The summed E-state index contributed by atoms with van der Waals surface area (Å²) in [5.41, 5.74) is 0.631. The minimum Gasteiger partial charge on any atom is -0.481 e. The van der Waals surface area contributed by atoms with Gasteiger partial charge in [-0.1, -0.05) is 29.3 Å². The third kappa shape index (κ3) is 3.44. The number of hydrogen-bond acceptors (Lipinski definition) is 2. The summed E-state index contributed by atoms with van der Waals surface area (Å²) in [4.78, 5) is 10.9. The molecule has 0 aliphatic carbocycles. The van der Waals surface area contributed by atoms with Gasteiger partial charge in [0.05, 0.1) is 10.9 Å². The molecule has 2 aromatic carbocycles. The van der Waals surface area contributed by atoms with Gasteiger partial charge in [-0.15, -0.1) is 0 Å². The summed E-state index contributed by atoms with van der Waals surface area (Å²) in [5.74, 6) is -0.435. The standard InChI is InChI=1S/C15H12Cl2O3/c1-9(15(18)19)10-2-7-14(13(17)8-10)20-12-5-3-11(16)4-6-12/h2-9H,1H3,(H,18,19). The summed E-state index contributed by atoms with van der Waals surface area (Å²) in [6.45, 7) is 1.60. The van der Waals surface area contributed by atoms with Crippen LogP contribution in [-0.4, -0.2) is 11.1 Å². The molecule has 0 saturated heterocycles. The molecule has 0 radical (unpaired) electrons. The van der Waals surface area contributed by atoms with Crippen LogP contribution < -0.4 is 4.74 Å². The predicted molar refractivity (Wildman–Crippen MR) is 79.0 cm³/mol. The molecule has 0 bridgehead atoms. The van der Waals surface area contributed by atoms with Crippen LogP contribution in [0, 0.1) is 0 Å². The predicted octanol–water partition coefficient (Wildman–Crippen LogP) is 4.97. The Morgan fingerprint density at radius 3 is 2.35 bits per heavy atom.